The molecule has 114 valence electrons. The first kappa shape index (κ1) is 17.8. The van der Waals surface area contributed by atoms with Crippen molar-refractivity contribution in [1.82, 2.24) is 9.62 Å². The molecule has 1 aliphatic rings. The van der Waals surface area contributed by atoms with E-state index in [1.54, 1.807) is 0 Å². The van der Waals surface area contributed by atoms with E-state index in [1.807, 2.05) is 7.05 Å². The molecule has 0 bridgehead atoms. The van der Waals surface area contributed by atoms with Crippen molar-refractivity contribution in [3.05, 3.63) is 28.5 Å². The second-order valence-electron chi connectivity index (χ2n) is 4.52. The Hall–Kier alpha value is -0.210. The van der Waals surface area contributed by atoms with Crippen LogP contribution in [0.2, 0.25) is 0 Å². The first-order valence-corrected chi connectivity index (χ1v) is 8.31. The van der Waals surface area contributed by atoms with Gasteiger partial charge in [0.05, 0.1) is 4.47 Å². The molecule has 0 radical (unpaired) electrons. The van der Waals surface area contributed by atoms with E-state index in [9.17, 15) is 12.8 Å². The first-order chi connectivity index (χ1) is 8.96. The maximum Gasteiger partial charge on any atom is 0.246 e. The highest BCUT2D eigenvalue weighted by Gasteiger charge is 2.31. The van der Waals surface area contributed by atoms with Crippen LogP contribution >= 0.6 is 28.3 Å². The molecule has 8 heteroatoms. The zero-order valence-corrected chi connectivity index (χ0v) is 14.2. The molecule has 2 rings (SSSR count). The van der Waals surface area contributed by atoms with Crippen molar-refractivity contribution in [2.45, 2.75) is 23.8 Å². The molecule has 4 nitrogen and oxygen atoms in total. The third kappa shape index (κ3) is 3.51. The van der Waals surface area contributed by atoms with Gasteiger partial charge in [-0.3, -0.25) is 0 Å². The molecule has 1 aliphatic heterocycles. The highest BCUT2D eigenvalue weighted by Crippen LogP contribution is 2.26. The Labute approximate surface area is 133 Å². The van der Waals surface area contributed by atoms with E-state index < -0.39 is 15.8 Å². The van der Waals surface area contributed by atoms with Crippen LogP contribution in [0.15, 0.2) is 27.6 Å². The van der Waals surface area contributed by atoms with E-state index in [0.717, 1.165) is 12.8 Å². The Kier molecular flexibility index (Phi) is 6.40. The molecule has 1 fully saturated rings. The predicted molar refractivity (Wildman–Crippen MR) is 82.2 cm³/mol. The average Bonchev–Trinajstić information content (AvgIpc) is 2.41. The summed E-state index contributed by atoms with van der Waals surface area (Å²) in [7, 11) is -1.88. The lowest BCUT2D eigenvalue weighted by molar-refractivity contribution is 0.297. The molecule has 0 aromatic heterocycles. The van der Waals surface area contributed by atoms with E-state index >= 15 is 0 Å². The number of nitrogens with one attached hydrogen (secondary N) is 1. The monoisotopic (exact) mass is 386 g/mol. The quantitative estimate of drug-likeness (QED) is 0.866. The minimum absolute atomic E-state index is 0. The van der Waals surface area contributed by atoms with Gasteiger partial charge < -0.3 is 5.32 Å². The summed E-state index contributed by atoms with van der Waals surface area (Å²) < 4.78 is 40.2. The highest BCUT2D eigenvalue weighted by atomic mass is 79.9. The molecular formula is C12H17BrClFN2O2S. The Morgan fingerprint density at radius 1 is 1.35 bits per heavy atom. The van der Waals surface area contributed by atoms with Gasteiger partial charge in [0.25, 0.3) is 0 Å². The normalized spacial score (nSPS) is 17.8. The van der Waals surface area contributed by atoms with E-state index in [1.165, 1.54) is 22.5 Å². The third-order valence-electron chi connectivity index (χ3n) is 3.40. The van der Waals surface area contributed by atoms with Crippen LogP contribution in [0, 0.1) is 5.82 Å². The summed E-state index contributed by atoms with van der Waals surface area (Å²) in [5.41, 5.74) is 0. The van der Waals surface area contributed by atoms with E-state index in [4.69, 9.17) is 0 Å². The van der Waals surface area contributed by atoms with Crippen LogP contribution in [0.5, 0.6) is 0 Å². The zero-order chi connectivity index (χ0) is 14.0. The van der Waals surface area contributed by atoms with Gasteiger partial charge in [0.2, 0.25) is 10.0 Å². The van der Waals surface area contributed by atoms with Gasteiger partial charge in [-0.2, -0.15) is 4.31 Å². The molecule has 0 amide bonds. The van der Waals surface area contributed by atoms with Crippen LogP contribution in [0.4, 0.5) is 4.39 Å². The number of hydrogen-bond acceptors (Lipinski definition) is 3. The van der Waals surface area contributed by atoms with Gasteiger partial charge in [0.15, 0.2) is 5.82 Å². The number of halogens is 3. The number of nitrogens with zero attached hydrogens (tertiary/aromatic N) is 1. The van der Waals surface area contributed by atoms with Crippen LogP contribution in [0.1, 0.15) is 12.8 Å². The van der Waals surface area contributed by atoms with Crippen LogP contribution in [0.25, 0.3) is 0 Å². The summed E-state index contributed by atoms with van der Waals surface area (Å²) >= 11 is 3.02. The predicted octanol–water partition coefficient (Wildman–Crippen LogP) is 2.38. The Balaban J connectivity index is 0.00000200. The van der Waals surface area contributed by atoms with Crippen molar-refractivity contribution >= 4 is 38.4 Å². The van der Waals surface area contributed by atoms with Crippen molar-refractivity contribution in [2.75, 3.05) is 20.1 Å². The standard InChI is InChI=1S/C12H16BrFN2O2S.ClH/c1-15-9-5-7-16(8-6-9)19(17,18)11-4-2-3-10(13)12(11)14;/h2-4,9,15H,5-8H2,1H3;1H. The summed E-state index contributed by atoms with van der Waals surface area (Å²) in [5.74, 6) is -0.724. The topological polar surface area (TPSA) is 49.4 Å². The maximum atomic E-state index is 13.9. The fraction of sp³-hybridized carbons (Fsp3) is 0.500. The minimum atomic E-state index is -3.75. The van der Waals surface area contributed by atoms with Crippen molar-refractivity contribution in [3.63, 3.8) is 0 Å². The molecule has 1 aromatic carbocycles. The fourth-order valence-corrected chi connectivity index (χ4v) is 4.26. The number of piperidine rings is 1. The fourth-order valence-electron chi connectivity index (χ4n) is 2.21. The first-order valence-electron chi connectivity index (χ1n) is 6.08. The van der Waals surface area contributed by atoms with Crippen molar-refractivity contribution in [1.29, 1.82) is 0 Å². The Morgan fingerprint density at radius 3 is 2.50 bits per heavy atom. The molecule has 1 heterocycles. The average molecular weight is 388 g/mol. The molecular weight excluding hydrogens is 371 g/mol. The van der Waals surface area contributed by atoms with E-state index in [-0.39, 0.29) is 21.8 Å². The lowest BCUT2D eigenvalue weighted by Gasteiger charge is -2.31. The summed E-state index contributed by atoms with van der Waals surface area (Å²) in [5, 5.41) is 3.13. The molecule has 0 spiro atoms. The van der Waals surface area contributed by atoms with Crippen molar-refractivity contribution in [3.8, 4) is 0 Å². The summed E-state index contributed by atoms with van der Waals surface area (Å²) in [6.07, 6.45) is 1.48. The number of benzene rings is 1. The molecule has 0 aliphatic carbocycles. The third-order valence-corrected chi connectivity index (χ3v) is 5.92. The Bertz CT molecular complexity index is 563. The molecule has 1 N–H and O–H groups in total. The number of sulfonamides is 1. The van der Waals surface area contributed by atoms with Gasteiger partial charge >= 0.3 is 0 Å². The van der Waals surface area contributed by atoms with Gasteiger partial charge in [-0.25, -0.2) is 12.8 Å². The van der Waals surface area contributed by atoms with Gasteiger partial charge in [-0.15, -0.1) is 12.4 Å². The lowest BCUT2D eigenvalue weighted by Crippen LogP contribution is -2.44. The zero-order valence-electron chi connectivity index (χ0n) is 11.0. The van der Waals surface area contributed by atoms with Gasteiger partial charge in [-0.1, -0.05) is 6.07 Å². The summed E-state index contributed by atoms with van der Waals surface area (Å²) in [6.45, 7) is 0.833. The molecule has 0 unspecified atom stereocenters. The van der Waals surface area contributed by atoms with Gasteiger partial charge in [-0.05, 0) is 48.0 Å². The SMILES string of the molecule is CNC1CCN(S(=O)(=O)c2cccc(Br)c2F)CC1.Cl. The largest absolute Gasteiger partial charge is 0.317 e. The molecule has 0 saturated carbocycles. The van der Waals surface area contributed by atoms with Gasteiger partial charge in [0.1, 0.15) is 4.90 Å². The van der Waals surface area contributed by atoms with E-state index in [2.05, 4.69) is 21.2 Å². The number of rotatable bonds is 3. The maximum absolute atomic E-state index is 13.9. The lowest BCUT2D eigenvalue weighted by atomic mass is 10.1. The summed E-state index contributed by atoms with van der Waals surface area (Å²) in [4.78, 5) is -0.259. The van der Waals surface area contributed by atoms with E-state index in [0.29, 0.717) is 19.1 Å². The molecule has 1 aromatic rings. The number of hydrogen-bond donors (Lipinski definition) is 1. The summed E-state index contributed by atoms with van der Waals surface area (Å²) in [6, 6.07) is 4.65. The van der Waals surface area contributed by atoms with Crippen molar-refractivity contribution in [2.24, 2.45) is 0 Å². The molecule has 20 heavy (non-hydrogen) atoms. The highest BCUT2D eigenvalue weighted by molar-refractivity contribution is 9.10. The van der Waals surface area contributed by atoms with Gasteiger partial charge in [0, 0.05) is 19.1 Å². The smallest absolute Gasteiger partial charge is 0.246 e. The van der Waals surface area contributed by atoms with Crippen LogP contribution in [-0.4, -0.2) is 38.9 Å². The molecule has 1 saturated heterocycles. The van der Waals surface area contributed by atoms with Crippen LogP contribution < -0.4 is 5.32 Å². The van der Waals surface area contributed by atoms with Crippen LogP contribution in [-0.2, 0) is 10.0 Å². The Morgan fingerprint density at radius 2 is 1.95 bits per heavy atom. The molecule has 0 atom stereocenters. The van der Waals surface area contributed by atoms with Crippen molar-refractivity contribution < 1.29 is 12.8 Å². The second kappa shape index (κ2) is 7.17. The second-order valence-corrected chi connectivity index (χ2v) is 7.28. The van der Waals surface area contributed by atoms with Crippen LogP contribution in [0.3, 0.4) is 0 Å². The minimum Gasteiger partial charge on any atom is -0.317 e.